The van der Waals surface area contributed by atoms with E-state index in [1.807, 2.05) is 0 Å². The van der Waals surface area contributed by atoms with Gasteiger partial charge < -0.3 is 16.2 Å². The Morgan fingerprint density at radius 1 is 0.949 bits per heavy atom. The van der Waals surface area contributed by atoms with Gasteiger partial charge in [-0.15, -0.1) is 3.97 Å². The fourth-order valence-electron chi connectivity index (χ4n) is 3.77. The summed E-state index contributed by atoms with van der Waals surface area (Å²) in [6.07, 6.45) is -0.428. The minimum absolute atomic E-state index is 0.0461. The number of halogens is 2. The molecule has 11 nitrogen and oxygen atoms in total. The molecular formula is C25H20Cl2N4O7S. The van der Waals surface area contributed by atoms with Crippen LogP contribution < -0.4 is 22.3 Å². The van der Waals surface area contributed by atoms with Crippen LogP contribution in [0.2, 0.25) is 10.0 Å². The Labute approximate surface area is 231 Å². The average Bonchev–Trinajstić information content (AvgIpc) is 2.87. The zero-order valence-corrected chi connectivity index (χ0v) is 22.2. The van der Waals surface area contributed by atoms with E-state index in [9.17, 15) is 27.6 Å². The zero-order valence-electron chi connectivity index (χ0n) is 19.9. The molecule has 202 valence electrons. The van der Waals surface area contributed by atoms with Crippen molar-refractivity contribution in [2.24, 2.45) is 5.73 Å². The van der Waals surface area contributed by atoms with Gasteiger partial charge in [0.2, 0.25) is 5.91 Å². The molecule has 0 fully saturated rings. The maximum Gasteiger partial charge on any atom is 0.346 e. The monoisotopic (exact) mass is 590 g/mol. The Balaban J connectivity index is 1.76. The van der Waals surface area contributed by atoms with E-state index in [4.69, 9.17) is 34.0 Å². The number of aromatic nitrogens is 2. The largest absolute Gasteiger partial charge is 0.480 e. The maximum absolute atomic E-state index is 13.5. The molecule has 1 heterocycles. The van der Waals surface area contributed by atoms with Gasteiger partial charge in [-0.05, 0) is 60.2 Å². The van der Waals surface area contributed by atoms with Crippen molar-refractivity contribution in [3.63, 3.8) is 0 Å². The second-order valence-electron chi connectivity index (χ2n) is 8.45. The number of anilines is 1. The van der Waals surface area contributed by atoms with Crippen molar-refractivity contribution in [2.45, 2.75) is 23.9 Å². The number of carbonyl (C=O) groups is 2. The standard InChI is InChI=1S/C25H20Cl2N4O7S/c26-15-3-8-18(9-4-15)39(37,38)31-23(33)19-10-5-16(27)11-21(19)30(25(31)36)13-14-1-6-17(7-2-14)29-22(32)12-20(28)24(34)35/h1-11,20H,12-13,28H2,(H,29,32)(H,34,35)/t20-/m0/s1. The summed E-state index contributed by atoms with van der Waals surface area (Å²) in [4.78, 5) is 49.3. The molecule has 1 aromatic heterocycles. The molecule has 3 aromatic carbocycles. The third-order valence-electron chi connectivity index (χ3n) is 5.72. The van der Waals surface area contributed by atoms with Crippen LogP contribution in [0, 0.1) is 0 Å². The van der Waals surface area contributed by atoms with E-state index in [2.05, 4.69) is 5.32 Å². The van der Waals surface area contributed by atoms with Crippen LogP contribution in [0.5, 0.6) is 0 Å². The molecule has 39 heavy (non-hydrogen) atoms. The number of rotatable bonds is 8. The molecule has 0 aliphatic heterocycles. The van der Waals surface area contributed by atoms with Crippen molar-refractivity contribution in [3.8, 4) is 0 Å². The van der Waals surface area contributed by atoms with Gasteiger partial charge >= 0.3 is 11.7 Å². The van der Waals surface area contributed by atoms with E-state index < -0.39 is 45.6 Å². The molecular weight excluding hydrogens is 571 g/mol. The van der Waals surface area contributed by atoms with E-state index in [0.29, 0.717) is 11.3 Å². The SMILES string of the molecule is N[C@@H](CC(=O)Nc1ccc(Cn2c(=O)n(S(=O)(=O)c3ccc(Cl)cc3)c(=O)c3ccc(Cl)cc32)cc1)C(=O)O. The number of nitrogens with one attached hydrogen (secondary N) is 1. The molecule has 0 unspecified atom stereocenters. The topological polar surface area (TPSA) is 171 Å². The van der Waals surface area contributed by atoms with Gasteiger partial charge in [0.15, 0.2) is 0 Å². The second-order valence-corrected chi connectivity index (χ2v) is 11.1. The van der Waals surface area contributed by atoms with Crippen LogP contribution in [0.15, 0.2) is 81.2 Å². The minimum atomic E-state index is -4.59. The van der Waals surface area contributed by atoms with Crippen LogP contribution >= 0.6 is 23.2 Å². The molecule has 0 saturated carbocycles. The number of aliphatic carboxylic acids is 1. The third kappa shape index (κ3) is 5.88. The molecule has 1 amide bonds. The highest BCUT2D eigenvalue weighted by Gasteiger charge is 2.25. The summed E-state index contributed by atoms with van der Waals surface area (Å²) in [5.41, 5.74) is 4.23. The number of amides is 1. The van der Waals surface area contributed by atoms with E-state index in [1.165, 1.54) is 54.6 Å². The quantitative estimate of drug-likeness (QED) is 0.281. The number of carboxylic acids is 1. The van der Waals surface area contributed by atoms with E-state index in [-0.39, 0.29) is 36.4 Å². The van der Waals surface area contributed by atoms with Crippen LogP contribution in [0.25, 0.3) is 10.9 Å². The Bertz CT molecular complexity index is 1820. The lowest BCUT2D eigenvalue weighted by atomic mass is 10.1. The lowest BCUT2D eigenvalue weighted by molar-refractivity contribution is -0.140. The number of fused-ring (bicyclic) bond motifs is 1. The summed E-state index contributed by atoms with van der Waals surface area (Å²) in [5.74, 6) is -1.91. The molecule has 0 aliphatic carbocycles. The second kappa shape index (κ2) is 11.0. The lowest BCUT2D eigenvalue weighted by Crippen LogP contribution is -2.44. The first-order valence-corrected chi connectivity index (χ1v) is 13.4. The van der Waals surface area contributed by atoms with Crippen LogP contribution in [0.4, 0.5) is 5.69 Å². The predicted octanol–water partition coefficient (Wildman–Crippen LogP) is 2.50. The summed E-state index contributed by atoms with van der Waals surface area (Å²) in [6, 6.07) is 14.0. The van der Waals surface area contributed by atoms with Crippen LogP contribution in [-0.2, 0) is 26.2 Å². The highest BCUT2D eigenvalue weighted by Crippen LogP contribution is 2.20. The third-order valence-corrected chi connectivity index (χ3v) is 7.88. The number of nitrogens with zero attached hydrogens (tertiary/aromatic N) is 2. The Morgan fingerprint density at radius 2 is 1.56 bits per heavy atom. The highest BCUT2D eigenvalue weighted by atomic mass is 35.5. The lowest BCUT2D eigenvalue weighted by Gasteiger charge is -2.15. The van der Waals surface area contributed by atoms with E-state index in [1.54, 1.807) is 12.1 Å². The summed E-state index contributed by atoms with van der Waals surface area (Å²) >= 11 is 12.0. The number of carbonyl (C=O) groups excluding carboxylic acids is 1. The number of nitrogens with two attached hydrogens (primary N) is 1. The van der Waals surface area contributed by atoms with E-state index >= 15 is 0 Å². The fourth-order valence-corrected chi connectivity index (χ4v) is 5.37. The number of hydrogen-bond acceptors (Lipinski definition) is 7. The minimum Gasteiger partial charge on any atom is -0.480 e. The Morgan fingerprint density at radius 3 is 2.18 bits per heavy atom. The first-order valence-electron chi connectivity index (χ1n) is 11.2. The van der Waals surface area contributed by atoms with Crippen molar-refractivity contribution >= 4 is 61.7 Å². The van der Waals surface area contributed by atoms with Crippen LogP contribution in [0.1, 0.15) is 12.0 Å². The molecule has 14 heteroatoms. The van der Waals surface area contributed by atoms with Gasteiger partial charge in [-0.1, -0.05) is 35.3 Å². The normalized spacial score (nSPS) is 12.3. The van der Waals surface area contributed by atoms with Gasteiger partial charge in [-0.25, -0.2) is 13.2 Å². The smallest absolute Gasteiger partial charge is 0.346 e. The number of carboxylic acid groups (broad SMARTS) is 1. The van der Waals surface area contributed by atoms with Gasteiger partial charge in [-0.2, -0.15) is 0 Å². The van der Waals surface area contributed by atoms with Gasteiger partial charge in [-0.3, -0.25) is 19.0 Å². The van der Waals surface area contributed by atoms with Crippen molar-refractivity contribution in [2.75, 3.05) is 5.32 Å². The maximum atomic E-state index is 13.5. The van der Waals surface area contributed by atoms with Crippen molar-refractivity contribution < 1.29 is 23.1 Å². The molecule has 0 spiro atoms. The Hall–Kier alpha value is -3.97. The van der Waals surface area contributed by atoms with Gasteiger partial charge in [0.1, 0.15) is 6.04 Å². The summed E-state index contributed by atoms with van der Waals surface area (Å²) in [7, 11) is -4.59. The van der Waals surface area contributed by atoms with E-state index in [0.717, 1.165) is 4.57 Å². The van der Waals surface area contributed by atoms with Gasteiger partial charge in [0.25, 0.3) is 15.6 Å². The molecule has 4 aromatic rings. The molecule has 0 bridgehead atoms. The van der Waals surface area contributed by atoms with Crippen molar-refractivity contribution in [1.82, 2.24) is 8.54 Å². The molecule has 4 N–H and O–H groups in total. The molecule has 1 atom stereocenters. The first-order chi connectivity index (χ1) is 18.4. The molecule has 4 rings (SSSR count). The van der Waals surface area contributed by atoms with Crippen molar-refractivity contribution in [1.29, 1.82) is 0 Å². The molecule has 0 radical (unpaired) electrons. The summed E-state index contributed by atoms with van der Waals surface area (Å²) in [5, 5.41) is 11.8. The number of hydrogen-bond donors (Lipinski definition) is 3. The van der Waals surface area contributed by atoms with Gasteiger partial charge in [0, 0.05) is 15.7 Å². The molecule has 0 aliphatic rings. The van der Waals surface area contributed by atoms with Crippen molar-refractivity contribution in [3.05, 3.63) is 103 Å². The summed E-state index contributed by atoms with van der Waals surface area (Å²) in [6.45, 7) is -0.149. The van der Waals surface area contributed by atoms with Crippen LogP contribution in [0.3, 0.4) is 0 Å². The van der Waals surface area contributed by atoms with Crippen LogP contribution in [-0.4, -0.2) is 40.0 Å². The highest BCUT2D eigenvalue weighted by molar-refractivity contribution is 7.90. The predicted molar refractivity (Wildman–Crippen MR) is 146 cm³/mol. The Kier molecular flexibility index (Phi) is 7.93. The number of benzene rings is 3. The average molecular weight is 591 g/mol. The van der Waals surface area contributed by atoms with Gasteiger partial charge in [0.05, 0.1) is 28.8 Å². The first kappa shape index (κ1) is 28.0. The summed E-state index contributed by atoms with van der Waals surface area (Å²) < 4.78 is 28.0. The fraction of sp³-hybridized carbons (Fsp3) is 0.120. The molecule has 0 saturated heterocycles. The zero-order chi connectivity index (χ0) is 28.5.